The lowest BCUT2D eigenvalue weighted by Gasteiger charge is -2.09. The number of hydrogen-bond acceptors (Lipinski definition) is 1. The number of rotatable bonds is 4. The number of hydrogen-bond donors (Lipinski definition) is 1. The molecule has 0 saturated carbocycles. The third kappa shape index (κ3) is 4.51. The van der Waals surface area contributed by atoms with Gasteiger partial charge in [0.25, 0.3) is 0 Å². The Kier molecular flexibility index (Phi) is 4.15. The SMILES string of the molecule is Cc1cc(NCCCC(F)(F)F)ccc1F. The van der Waals surface area contributed by atoms with Gasteiger partial charge in [0, 0.05) is 18.7 Å². The molecule has 0 saturated heterocycles. The molecule has 5 heteroatoms. The van der Waals surface area contributed by atoms with Crippen molar-refractivity contribution in [3.63, 3.8) is 0 Å². The highest BCUT2D eigenvalue weighted by atomic mass is 19.4. The number of nitrogens with one attached hydrogen (secondary N) is 1. The zero-order chi connectivity index (χ0) is 12.2. The summed E-state index contributed by atoms with van der Waals surface area (Å²) in [6.45, 7) is 1.83. The van der Waals surface area contributed by atoms with Gasteiger partial charge in [-0.1, -0.05) is 0 Å². The predicted molar refractivity (Wildman–Crippen MR) is 54.9 cm³/mol. The third-order valence-corrected chi connectivity index (χ3v) is 2.12. The molecular weight excluding hydrogens is 222 g/mol. The minimum absolute atomic E-state index is 0.0138. The van der Waals surface area contributed by atoms with Gasteiger partial charge in [0.2, 0.25) is 0 Å². The first-order valence-electron chi connectivity index (χ1n) is 4.95. The smallest absolute Gasteiger partial charge is 0.385 e. The summed E-state index contributed by atoms with van der Waals surface area (Å²) in [5, 5.41) is 2.82. The van der Waals surface area contributed by atoms with Crippen molar-refractivity contribution in [1.29, 1.82) is 0 Å². The van der Waals surface area contributed by atoms with E-state index in [1.54, 1.807) is 13.0 Å². The maximum Gasteiger partial charge on any atom is 0.389 e. The van der Waals surface area contributed by atoms with E-state index in [4.69, 9.17) is 0 Å². The van der Waals surface area contributed by atoms with E-state index < -0.39 is 12.6 Å². The molecule has 0 unspecified atom stereocenters. The summed E-state index contributed by atoms with van der Waals surface area (Å²) in [6, 6.07) is 4.38. The molecule has 1 aromatic rings. The van der Waals surface area contributed by atoms with E-state index >= 15 is 0 Å². The van der Waals surface area contributed by atoms with Crippen LogP contribution in [0.25, 0.3) is 0 Å². The van der Waals surface area contributed by atoms with Crippen LogP contribution in [-0.2, 0) is 0 Å². The Bertz CT molecular complexity index is 346. The summed E-state index contributed by atoms with van der Waals surface area (Å²) in [6.07, 6.45) is -4.90. The quantitative estimate of drug-likeness (QED) is 0.616. The molecule has 0 aliphatic heterocycles. The molecule has 0 aliphatic rings. The molecule has 0 aromatic heterocycles. The first-order chi connectivity index (χ1) is 7.38. The Morgan fingerprint density at radius 1 is 1.25 bits per heavy atom. The summed E-state index contributed by atoms with van der Waals surface area (Å²) in [5.41, 5.74) is 1.11. The summed E-state index contributed by atoms with van der Waals surface area (Å²) in [7, 11) is 0. The van der Waals surface area contributed by atoms with Gasteiger partial charge < -0.3 is 5.32 Å². The van der Waals surface area contributed by atoms with E-state index in [9.17, 15) is 17.6 Å². The Labute approximate surface area is 91.5 Å². The lowest BCUT2D eigenvalue weighted by Crippen LogP contribution is -2.11. The number of anilines is 1. The molecule has 0 heterocycles. The van der Waals surface area contributed by atoms with E-state index in [2.05, 4.69) is 5.32 Å². The topological polar surface area (TPSA) is 12.0 Å². The van der Waals surface area contributed by atoms with Crippen molar-refractivity contribution < 1.29 is 17.6 Å². The molecule has 0 amide bonds. The van der Waals surface area contributed by atoms with E-state index in [0.717, 1.165) is 0 Å². The van der Waals surface area contributed by atoms with E-state index in [-0.39, 0.29) is 18.8 Å². The van der Waals surface area contributed by atoms with Crippen LogP contribution in [0.5, 0.6) is 0 Å². The second kappa shape index (κ2) is 5.18. The third-order valence-electron chi connectivity index (χ3n) is 2.12. The number of halogens is 4. The van der Waals surface area contributed by atoms with Crippen LogP contribution >= 0.6 is 0 Å². The van der Waals surface area contributed by atoms with Crippen LogP contribution in [0.4, 0.5) is 23.2 Å². The molecule has 16 heavy (non-hydrogen) atoms. The van der Waals surface area contributed by atoms with Crippen LogP contribution in [0.1, 0.15) is 18.4 Å². The maximum atomic E-state index is 12.9. The van der Waals surface area contributed by atoms with Crippen LogP contribution in [0.3, 0.4) is 0 Å². The van der Waals surface area contributed by atoms with Crippen LogP contribution < -0.4 is 5.32 Å². The van der Waals surface area contributed by atoms with Crippen molar-refractivity contribution in [2.24, 2.45) is 0 Å². The molecule has 0 spiro atoms. The Balaban J connectivity index is 2.35. The first-order valence-corrected chi connectivity index (χ1v) is 4.95. The maximum absolute atomic E-state index is 12.9. The van der Waals surface area contributed by atoms with Gasteiger partial charge in [-0.2, -0.15) is 13.2 Å². The second-order valence-electron chi connectivity index (χ2n) is 3.61. The van der Waals surface area contributed by atoms with Gasteiger partial charge in [0.1, 0.15) is 5.82 Å². The molecule has 90 valence electrons. The van der Waals surface area contributed by atoms with Crippen LogP contribution in [0, 0.1) is 12.7 Å². The Morgan fingerprint density at radius 2 is 1.94 bits per heavy atom. The van der Waals surface area contributed by atoms with Crippen molar-refractivity contribution >= 4 is 5.69 Å². The molecule has 1 N–H and O–H groups in total. The van der Waals surface area contributed by atoms with Crippen LogP contribution in [-0.4, -0.2) is 12.7 Å². The fourth-order valence-corrected chi connectivity index (χ4v) is 1.28. The molecule has 0 radical (unpaired) electrons. The minimum atomic E-state index is -4.11. The van der Waals surface area contributed by atoms with Gasteiger partial charge in [0.15, 0.2) is 0 Å². The Morgan fingerprint density at radius 3 is 2.50 bits per heavy atom. The molecule has 0 bridgehead atoms. The average Bonchev–Trinajstić information content (AvgIpc) is 2.17. The fraction of sp³-hybridized carbons (Fsp3) is 0.455. The molecule has 0 fully saturated rings. The van der Waals surface area contributed by atoms with Gasteiger partial charge in [-0.15, -0.1) is 0 Å². The lowest BCUT2D eigenvalue weighted by molar-refractivity contribution is -0.134. The normalized spacial score (nSPS) is 11.6. The van der Waals surface area contributed by atoms with Gasteiger partial charge >= 0.3 is 6.18 Å². The molecule has 0 atom stereocenters. The summed E-state index contributed by atoms with van der Waals surface area (Å²) >= 11 is 0. The van der Waals surface area contributed by atoms with Crippen molar-refractivity contribution in [2.45, 2.75) is 25.9 Å². The first kappa shape index (κ1) is 12.8. The zero-order valence-corrected chi connectivity index (χ0v) is 8.87. The minimum Gasteiger partial charge on any atom is -0.385 e. The molecular formula is C11H13F4N. The van der Waals surface area contributed by atoms with Gasteiger partial charge in [-0.25, -0.2) is 4.39 Å². The van der Waals surface area contributed by atoms with E-state index in [1.165, 1.54) is 12.1 Å². The monoisotopic (exact) mass is 235 g/mol. The number of benzene rings is 1. The molecule has 1 nitrogen and oxygen atoms in total. The van der Waals surface area contributed by atoms with Crippen LogP contribution in [0.15, 0.2) is 18.2 Å². The van der Waals surface area contributed by atoms with Gasteiger partial charge in [-0.3, -0.25) is 0 Å². The van der Waals surface area contributed by atoms with Crippen LogP contribution in [0.2, 0.25) is 0 Å². The number of aryl methyl sites for hydroxylation is 1. The fourth-order valence-electron chi connectivity index (χ4n) is 1.28. The van der Waals surface area contributed by atoms with Crippen molar-refractivity contribution in [1.82, 2.24) is 0 Å². The summed E-state index contributed by atoms with van der Waals surface area (Å²) in [5.74, 6) is -0.319. The Hall–Kier alpha value is -1.26. The van der Waals surface area contributed by atoms with E-state index in [1.807, 2.05) is 0 Å². The van der Waals surface area contributed by atoms with Crippen molar-refractivity contribution in [3.05, 3.63) is 29.6 Å². The summed E-state index contributed by atoms with van der Waals surface area (Å²) < 4.78 is 48.3. The van der Waals surface area contributed by atoms with Crippen molar-refractivity contribution in [3.8, 4) is 0 Å². The molecule has 0 aliphatic carbocycles. The summed E-state index contributed by atoms with van der Waals surface area (Å²) in [4.78, 5) is 0. The highest BCUT2D eigenvalue weighted by Gasteiger charge is 2.25. The predicted octanol–water partition coefficient (Wildman–Crippen LogP) is 3.89. The standard InChI is InChI=1S/C11H13F4N/c1-8-7-9(3-4-10(8)12)16-6-2-5-11(13,14)15/h3-4,7,16H,2,5-6H2,1H3. The van der Waals surface area contributed by atoms with Crippen molar-refractivity contribution in [2.75, 3.05) is 11.9 Å². The lowest BCUT2D eigenvalue weighted by atomic mass is 10.2. The average molecular weight is 235 g/mol. The molecule has 1 rings (SSSR count). The van der Waals surface area contributed by atoms with Gasteiger partial charge in [-0.05, 0) is 37.1 Å². The molecule has 1 aromatic carbocycles. The second-order valence-corrected chi connectivity index (χ2v) is 3.61. The highest BCUT2D eigenvalue weighted by Crippen LogP contribution is 2.21. The van der Waals surface area contributed by atoms with E-state index in [0.29, 0.717) is 11.3 Å². The largest absolute Gasteiger partial charge is 0.389 e. The number of alkyl halides is 3. The zero-order valence-electron chi connectivity index (χ0n) is 8.87. The van der Waals surface area contributed by atoms with Gasteiger partial charge in [0.05, 0.1) is 0 Å². The highest BCUT2D eigenvalue weighted by molar-refractivity contribution is 5.45.